The van der Waals surface area contributed by atoms with Gasteiger partial charge in [-0.15, -0.1) is 0 Å². The first kappa shape index (κ1) is 12.7. The van der Waals surface area contributed by atoms with Gasteiger partial charge in [-0.05, 0) is 18.2 Å². The van der Waals surface area contributed by atoms with E-state index in [9.17, 15) is 15.2 Å². The summed E-state index contributed by atoms with van der Waals surface area (Å²) in [5, 5.41) is 23.8. The van der Waals surface area contributed by atoms with Gasteiger partial charge in [-0.2, -0.15) is 4.98 Å². The monoisotopic (exact) mass is 284 g/mol. The molecule has 0 atom stereocenters. The highest BCUT2D eigenvalue weighted by Gasteiger charge is 2.12. The molecular weight excluding hydrogens is 276 g/mol. The number of rotatable bonds is 3. The molecule has 0 bridgehead atoms. The third-order valence-electron chi connectivity index (χ3n) is 2.73. The van der Waals surface area contributed by atoms with Gasteiger partial charge < -0.3 is 9.63 Å². The van der Waals surface area contributed by atoms with Crippen LogP contribution in [-0.2, 0) is 0 Å². The Morgan fingerprint density at radius 2 is 1.90 bits per heavy atom. The fraction of sp³-hybridized carbons (Fsp3) is 0. The molecule has 0 aliphatic heterocycles. The molecule has 1 N–H and O–H groups in total. The van der Waals surface area contributed by atoms with E-state index in [1.807, 2.05) is 0 Å². The van der Waals surface area contributed by atoms with Crippen LogP contribution in [0.3, 0.4) is 0 Å². The summed E-state index contributed by atoms with van der Waals surface area (Å²) >= 11 is 0. The highest BCUT2D eigenvalue weighted by Crippen LogP contribution is 2.24. The van der Waals surface area contributed by atoms with E-state index in [-0.39, 0.29) is 17.3 Å². The van der Waals surface area contributed by atoms with Crippen molar-refractivity contribution in [1.29, 1.82) is 0 Å². The average Bonchev–Trinajstić information content (AvgIpc) is 2.97. The van der Waals surface area contributed by atoms with Crippen LogP contribution in [0.1, 0.15) is 0 Å². The third-order valence-corrected chi connectivity index (χ3v) is 2.73. The van der Waals surface area contributed by atoms with E-state index < -0.39 is 4.92 Å². The molecule has 8 heteroatoms. The number of nitrogens with zero attached hydrogens (tertiary/aromatic N) is 4. The first-order chi connectivity index (χ1) is 10.1. The molecule has 0 unspecified atom stereocenters. The van der Waals surface area contributed by atoms with Gasteiger partial charge in [0.2, 0.25) is 5.82 Å². The minimum Gasteiger partial charge on any atom is -0.506 e. The molecule has 104 valence electrons. The quantitative estimate of drug-likeness (QED) is 0.579. The second-order valence-electron chi connectivity index (χ2n) is 4.16. The molecule has 3 rings (SSSR count). The maximum atomic E-state index is 10.6. The zero-order chi connectivity index (χ0) is 14.8. The van der Waals surface area contributed by atoms with Gasteiger partial charge in [0.1, 0.15) is 5.75 Å². The maximum Gasteiger partial charge on any atom is 0.269 e. The molecule has 3 aromatic rings. The molecule has 0 aliphatic rings. The lowest BCUT2D eigenvalue weighted by atomic mass is 10.2. The Morgan fingerprint density at radius 3 is 2.57 bits per heavy atom. The zero-order valence-electron chi connectivity index (χ0n) is 10.5. The second-order valence-corrected chi connectivity index (χ2v) is 4.16. The number of aromatic hydroxyl groups is 1. The normalized spacial score (nSPS) is 10.5. The van der Waals surface area contributed by atoms with Gasteiger partial charge in [-0.3, -0.25) is 15.1 Å². The first-order valence-electron chi connectivity index (χ1n) is 5.86. The van der Waals surface area contributed by atoms with Crippen molar-refractivity contribution in [3.63, 3.8) is 0 Å². The summed E-state index contributed by atoms with van der Waals surface area (Å²) in [5.41, 5.74) is 1.05. The van der Waals surface area contributed by atoms with Crippen LogP contribution in [0.15, 0.2) is 47.2 Å². The molecule has 0 aliphatic carbocycles. The predicted molar refractivity (Wildman–Crippen MR) is 71.3 cm³/mol. The standard InChI is InChI=1S/C13H8N4O4/c18-11-5-9(6-14-7-11)13-15-12(16-21-13)8-1-3-10(4-2-8)17(19)20/h1-7,18H. The third kappa shape index (κ3) is 2.54. The summed E-state index contributed by atoms with van der Waals surface area (Å²) in [6.07, 6.45) is 2.77. The van der Waals surface area contributed by atoms with E-state index in [1.54, 1.807) is 0 Å². The topological polar surface area (TPSA) is 115 Å². The average molecular weight is 284 g/mol. The van der Waals surface area contributed by atoms with Gasteiger partial charge in [-0.1, -0.05) is 5.16 Å². The van der Waals surface area contributed by atoms with Gasteiger partial charge in [0.05, 0.1) is 16.7 Å². The van der Waals surface area contributed by atoms with Crippen LogP contribution in [0.2, 0.25) is 0 Å². The second kappa shape index (κ2) is 5.00. The largest absolute Gasteiger partial charge is 0.506 e. The van der Waals surface area contributed by atoms with Crippen molar-refractivity contribution in [2.45, 2.75) is 0 Å². The number of nitro groups is 1. The first-order valence-corrected chi connectivity index (χ1v) is 5.86. The van der Waals surface area contributed by atoms with Crippen molar-refractivity contribution in [3.8, 4) is 28.6 Å². The van der Waals surface area contributed by atoms with Gasteiger partial charge in [0.25, 0.3) is 11.6 Å². The van der Waals surface area contributed by atoms with Crippen molar-refractivity contribution >= 4 is 5.69 Å². The lowest BCUT2D eigenvalue weighted by molar-refractivity contribution is -0.384. The van der Waals surface area contributed by atoms with E-state index in [2.05, 4.69) is 15.1 Å². The molecule has 0 saturated carbocycles. The van der Waals surface area contributed by atoms with E-state index in [0.717, 1.165) is 0 Å². The van der Waals surface area contributed by atoms with Crippen LogP contribution in [0.4, 0.5) is 5.69 Å². The molecule has 2 heterocycles. The Morgan fingerprint density at radius 1 is 1.14 bits per heavy atom. The van der Waals surface area contributed by atoms with Crippen molar-refractivity contribution < 1.29 is 14.6 Å². The van der Waals surface area contributed by atoms with Gasteiger partial charge in [0, 0.05) is 23.9 Å². The van der Waals surface area contributed by atoms with Crippen molar-refractivity contribution in [3.05, 3.63) is 52.8 Å². The highest BCUT2D eigenvalue weighted by molar-refractivity contribution is 5.61. The summed E-state index contributed by atoms with van der Waals surface area (Å²) in [6.45, 7) is 0. The Kier molecular flexibility index (Phi) is 3.03. The van der Waals surface area contributed by atoms with Crippen LogP contribution in [0.25, 0.3) is 22.8 Å². The predicted octanol–water partition coefficient (Wildman–Crippen LogP) is 2.41. The molecule has 0 radical (unpaired) electrons. The SMILES string of the molecule is O=[N+]([O-])c1ccc(-c2noc(-c3cncc(O)c3)n2)cc1. The number of non-ortho nitro benzene ring substituents is 1. The summed E-state index contributed by atoms with van der Waals surface area (Å²) in [6, 6.07) is 7.24. The number of aromatic nitrogens is 3. The molecular formula is C13H8N4O4. The molecule has 0 amide bonds. The van der Waals surface area contributed by atoms with Gasteiger partial charge >= 0.3 is 0 Å². The molecule has 2 aromatic heterocycles. The van der Waals surface area contributed by atoms with Crippen LogP contribution in [0.5, 0.6) is 5.75 Å². The van der Waals surface area contributed by atoms with Gasteiger partial charge in [0.15, 0.2) is 0 Å². The van der Waals surface area contributed by atoms with Crippen molar-refractivity contribution in [2.24, 2.45) is 0 Å². The van der Waals surface area contributed by atoms with E-state index in [0.29, 0.717) is 17.0 Å². The zero-order valence-corrected chi connectivity index (χ0v) is 10.5. The Hall–Kier alpha value is -3.29. The van der Waals surface area contributed by atoms with Crippen LogP contribution >= 0.6 is 0 Å². The smallest absolute Gasteiger partial charge is 0.269 e. The number of nitro benzene ring substituents is 1. The molecule has 0 fully saturated rings. The van der Waals surface area contributed by atoms with Crippen molar-refractivity contribution in [2.75, 3.05) is 0 Å². The summed E-state index contributed by atoms with van der Waals surface area (Å²) < 4.78 is 5.09. The molecule has 1 aromatic carbocycles. The number of hydrogen-bond donors (Lipinski definition) is 1. The number of benzene rings is 1. The summed E-state index contributed by atoms with van der Waals surface area (Å²) in [5.74, 6) is 0.484. The molecule has 0 saturated heterocycles. The summed E-state index contributed by atoms with van der Waals surface area (Å²) in [7, 11) is 0. The fourth-order valence-corrected chi connectivity index (χ4v) is 1.73. The van der Waals surface area contributed by atoms with E-state index in [1.165, 1.54) is 42.7 Å². The molecule has 0 spiro atoms. The van der Waals surface area contributed by atoms with Crippen LogP contribution in [-0.4, -0.2) is 25.2 Å². The van der Waals surface area contributed by atoms with Gasteiger partial charge in [-0.25, -0.2) is 0 Å². The Bertz CT molecular complexity index is 798. The Labute approximate surface area is 117 Å². The maximum absolute atomic E-state index is 10.6. The number of hydrogen-bond acceptors (Lipinski definition) is 7. The lowest BCUT2D eigenvalue weighted by Gasteiger charge is -1.94. The minimum absolute atomic E-state index is 0.0115. The highest BCUT2D eigenvalue weighted by atomic mass is 16.6. The minimum atomic E-state index is -0.482. The number of pyridine rings is 1. The van der Waals surface area contributed by atoms with E-state index >= 15 is 0 Å². The van der Waals surface area contributed by atoms with Crippen LogP contribution in [0, 0.1) is 10.1 Å². The van der Waals surface area contributed by atoms with Crippen molar-refractivity contribution in [1.82, 2.24) is 15.1 Å². The Balaban J connectivity index is 1.93. The van der Waals surface area contributed by atoms with E-state index in [4.69, 9.17) is 4.52 Å². The molecule has 8 nitrogen and oxygen atoms in total. The lowest BCUT2D eigenvalue weighted by Crippen LogP contribution is -1.88. The summed E-state index contributed by atoms with van der Waals surface area (Å²) in [4.78, 5) is 18.1. The fourth-order valence-electron chi connectivity index (χ4n) is 1.73. The molecule has 21 heavy (non-hydrogen) atoms. The van der Waals surface area contributed by atoms with Crippen LogP contribution < -0.4 is 0 Å².